The molecule has 0 amide bonds. The summed E-state index contributed by atoms with van der Waals surface area (Å²) in [5.41, 5.74) is 1.05. The third-order valence-corrected chi connectivity index (χ3v) is 3.82. The predicted molar refractivity (Wildman–Crippen MR) is 77.8 cm³/mol. The molecule has 0 heterocycles. The van der Waals surface area contributed by atoms with Crippen molar-refractivity contribution in [2.75, 3.05) is 5.32 Å². The zero-order valence-electron chi connectivity index (χ0n) is 9.48. The Kier molecular flexibility index (Phi) is 4.66. The van der Waals surface area contributed by atoms with E-state index in [-0.39, 0.29) is 10.2 Å². The Morgan fingerprint density at radius 1 is 1.00 bits per heavy atom. The molecule has 2 rings (SSSR count). The maximum Gasteiger partial charge on any atom is 0.149 e. The molecule has 0 atom stereocenters. The van der Waals surface area contributed by atoms with Gasteiger partial charge in [0.15, 0.2) is 0 Å². The first-order valence-electron chi connectivity index (χ1n) is 5.29. The Morgan fingerprint density at radius 3 is 2.42 bits per heavy atom. The first-order valence-corrected chi connectivity index (χ1v) is 6.84. The van der Waals surface area contributed by atoms with Crippen molar-refractivity contribution in [3.8, 4) is 0 Å². The number of benzene rings is 2. The van der Waals surface area contributed by atoms with Gasteiger partial charge >= 0.3 is 0 Å². The van der Waals surface area contributed by atoms with Crippen molar-refractivity contribution >= 4 is 44.8 Å². The van der Waals surface area contributed by atoms with Gasteiger partial charge in [-0.2, -0.15) is 0 Å². The van der Waals surface area contributed by atoms with Gasteiger partial charge in [0.25, 0.3) is 0 Å². The van der Waals surface area contributed by atoms with E-state index in [9.17, 15) is 8.78 Å². The Labute approximate surface area is 127 Å². The van der Waals surface area contributed by atoms with E-state index in [1.807, 2.05) is 0 Å². The standard InChI is InChI=1S/C13H8BrCl2F2N/c14-8-4-13(12(18)5-11(8)17)19-6-7-1-2-9(15)10(16)3-7/h1-5,19H,6H2. The minimum absolute atomic E-state index is 0.200. The van der Waals surface area contributed by atoms with Gasteiger partial charge in [-0.3, -0.25) is 0 Å². The van der Waals surface area contributed by atoms with E-state index < -0.39 is 11.6 Å². The number of hydrogen-bond acceptors (Lipinski definition) is 1. The molecule has 0 unspecified atom stereocenters. The Balaban J connectivity index is 2.14. The molecule has 0 aliphatic carbocycles. The van der Waals surface area contributed by atoms with Gasteiger partial charge in [-0.05, 0) is 39.7 Å². The van der Waals surface area contributed by atoms with Crippen LogP contribution in [0.25, 0.3) is 0 Å². The largest absolute Gasteiger partial charge is 0.379 e. The van der Waals surface area contributed by atoms with E-state index in [1.165, 1.54) is 6.07 Å². The molecule has 0 spiro atoms. The van der Waals surface area contributed by atoms with E-state index in [0.29, 0.717) is 16.6 Å². The average Bonchev–Trinajstić information content (AvgIpc) is 2.36. The summed E-state index contributed by atoms with van der Waals surface area (Å²) in [6.07, 6.45) is 0. The second-order valence-corrected chi connectivity index (χ2v) is 5.52. The van der Waals surface area contributed by atoms with Crippen LogP contribution < -0.4 is 5.32 Å². The summed E-state index contributed by atoms with van der Waals surface area (Å²) in [6, 6.07) is 7.30. The molecule has 2 aromatic rings. The van der Waals surface area contributed by atoms with Crippen molar-refractivity contribution in [2.45, 2.75) is 6.54 Å². The molecule has 0 aromatic heterocycles. The normalized spacial score (nSPS) is 10.6. The summed E-state index contributed by atoms with van der Waals surface area (Å²) in [4.78, 5) is 0. The molecule has 0 bridgehead atoms. The van der Waals surface area contributed by atoms with Crippen LogP contribution in [0.4, 0.5) is 14.5 Å². The third-order valence-electron chi connectivity index (χ3n) is 2.48. The van der Waals surface area contributed by atoms with E-state index in [4.69, 9.17) is 23.2 Å². The highest BCUT2D eigenvalue weighted by atomic mass is 79.9. The fourth-order valence-corrected chi connectivity index (χ4v) is 2.17. The Morgan fingerprint density at radius 2 is 1.74 bits per heavy atom. The van der Waals surface area contributed by atoms with Crippen LogP contribution in [-0.2, 0) is 6.54 Å². The molecule has 100 valence electrons. The summed E-state index contributed by atoms with van der Waals surface area (Å²) in [5.74, 6) is -1.29. The van der Waals surface area contributed by atoms with Crippen LogP contribution in [-0.4, -0.2) is 0 Å². The van der Waals surface area contributed by atoms with Gasteiger partial charge in [0.05, 0.1) is 20.2 Å². The highest BCUT2D eigenvalue weighted by molar-refractivity contribution is 9.10. The van der Waals surface area contributed by atoms with Crippen LogP contribution in [0.1, 0.15) is 5.56 Å². The van der Waals surface area contributed by atoms with Crippen LogP contribution >= 0.6 is 39.1 Å². The molecule has 2 aromatic carbocycles. The lowest BCUT2D eigenvalue weighted by Crippen LogP contribution is -2.02. The van der Waals surface area contributed by atoms with Crippen molar-refractivity contribution in [3.05, 3.63) is 62.0 Å². The summed E-state index contributed by atoms with van der Waals surface area (Å²) in [5, 5.41) is 3.76. The Hall–Kier alpha value is -0.840. The first kappa shape index (κ1) is 14.6. The molecule has 0 fully saturated rings. The van der Waals surface area contributed by atoms with Crippen LogP contribution in [0.2, 0.25) is 10.0 Å². The summed E-state index contributed by atoms with van der Waals surface area (Å²) in [7, 11) is 0. The molecule has 0 aliphatic rings. The summed E-state index contributed by atoms with van der Waals surface area (Å²) in [6.45, 7) is 0.353. The molecule has 6 heteroatoms. The number of rotatable bonds is 3. The average molecular weight is 367 g/mol. The maximum atomic E-state index is 13.5. The summed E-state index contributed by atoms with van der Waals surface area (Å²) < 4.78 is 26.8. The number of anilines is 1. The number of hydrogen-bond donors (Lipinski definition) is 1. The zero-order chi connectivity index (χ0) is 14.0. The monoisotopic (exact) mass is 365 g/mol. The SMILES string of the molecule is Fc1cc(F)c(NCc2ccc(Cl)c(Cl)c2)cc1Br. The molecular weight excluding hydrogens is 359 g/mol. The van der Waals surface area contributed by atoms with Gasteiger partial charge in [0.1, 0.15) is 11.6 Å². The van der Waals surface area contributed by atoms with Crippen LogP contribution in [0.15, 0.2) is 34.8 Å². The number of nitrogens with one attached hydrogen (secondary N) is 1. The predicted octanol–water partition coefficient (Wildman–Crippen LogP) is 5.65. The van der Waals surface area contributed by atoms with Crippen LogP contribution in [0.3, 0.4) is 0 Å². The van der Waals surface area contributed by atoms with E-state index in [0.717, 1.165) is 11.6 Å². The third kappa shape index (κ3) is 3.59. The molecule has 0 saturated carbocycles. The lowest BCUT2D eigenvalue weighted by atomic mass is 10.2. The van der Waals surface area contributed by atoms with Gasteiger partial charge in [0, 0.05) is 12.6 Å². The quantitative estimate of drug-likeness (QED) is 0.692. The molecular formula is C13H8BrCl2F2N. The molecule has 1 nitrogen and oxygen atoms in total. The highest BCUT2D eigenvalue weighted by Crippen LogP contribution is 2.26. The van der Waals surface area contributed by atoms with Crippen molar-refractivity contribution < 1.29 is 8.78 Å². The molecule has 1 N–H and O–H groups in total. The van der Waals surface area contributed by atoms with Gasteiger partial charge in [0.2, 0.25) is 0 Å². The molecule has 0 aliphatic heterocycles. The maximum absolute atomic E-state index is 13.5. The summed E-state index contributed by atoms with van der Waals surface area (Å²) >= 11 is 14.7. The van der Waals surface area contributed by atoms with E-state index in [2.05, 4.69) is 21.2 Å². The van der Waals surface area contributed by atoms with Gasteiger partial charge in [-0.25, -0.2) is 8.78 Å². The zero-order valence-corrected chi connectivity index (χ0v) is 12.6. The van der Waals surface area contributed by atoms with Crippen LogP contribution in [0.5, 0.6) is 0 Å². The van der Waals surface area contributed by atoms with Crippen molar-refractivity contribution in [3.63, 3.8) is 0 Å². The minimum atomic E-state index is -0.652. The lowest BCUT2D eigenvalue weighted by Gasteiger charge is -2.09. The van der Waals surface area contributed by atoms with Gasteiger partial charge in [-0.15, -0.1) is 0 Å². The highest BCUT2D eigenvalue weighted by Gasteiger charge is 2.08. The fraction of sp³-hybridized carbons (Fsp3) is 0.0769. The molecule has 19 heavy (non-hydrogen) atoms. The second kappa shape index (κ2) is 6.07. The van der Waals surface area contributed by atoms with Crippen molar-refractivity contribution in [1.29, 1.82) is 0 Å². The minimum Gasteiger partial charge on any atom is -0.379 e. The first-order chi connectivity index (χ1) is 8.97. The Bertz CT molecular complexity index is 620. The van der Waals surface area contributed by atoms with E-state index >= 15 is 0 Å². The number of halogens is 5. The lowest BCUT2D eigenvalue weighted by molar-refractivity contribution is 0.580. The molecule has 0 saturated heterocycles. The second-order valence-electron chi connectivity index (χ2n) is 3.85. The molecule has 0 radical (unpaired) electrons. The van der Waals surface area contributed by atoms with Gasteiger partial charge in [-0.1, -0.05) is 29.3 Å². The van der Waals surface area contributed by atoms with Crippen molar-refractivity contribution in [1.82, 2.24) is 0 Å². The van der Waals surface area contributed by atoms with Crippen LogP contribution in [0, 0.1) is 11.6 Å². The van der Waals surface area contributed by atoms with Gasteiger partial charge < -0.3 is 5.32 Å². The van der Waals surface area contributed by atoms with Crippen molar-refractivity contribution in [2.24, 2.45) is 0 Å². The smallest absolute Gasteiger partial charge is 0.149 e. The fourth-order valence-electron chi connectivity index (χ4n) is 1.50. The topological polar surface area (TPSA) is 12.0 Å². The van der Waals surface area contributed by atoms with E-state index in [1.54, 1.807) is 18.2 Å².